The van der Waals surface area contributed by atoms with Crippen LogP contribution in [0.1, 0.15) is 0 Å². The van der Waals surface area contributed by atoms with Gasteiger partial charge >= 0.3 is 6.03 Å². The first-order valence-electron chi connectivity index (χ1n) is 2.81. The monoisotopic (exact) mass is 144 g/mol. The minimum Gasteiger partial charge on any atom is -0.336 e. The van der Waals surface area contributed by atoms with Crippen LogP contribution in [0.2, 0.25) is 0 Å². The smallest absolute Gasteiger partial charge is 0.317 e. The van der Waals surface area contributed by atoms with Gasteiger partial charge in [-0.15, -0.1) is 0 Å². The van der Waals surface area contributed by atoms with Crippen LogP contribution < -0.4 is 5.32 Å². The largest absolute Gasteiger partial charge is 0.336 e. The molecule has 0 unspecified atom stereocenters. The van der Waals surface area contributed by atoms with E-state index in [0.717, 1.165) is 13.1 Å². The average Bonchev–Trinajstić information content (AvgIpc) is 2.18. The van der Waals surface area contributed by atoms with Crippen LogP contribution >= 0.6 is 12.2 Å². The zero-order chi connectivity index (χ0) is 6.69. The van der Waals surface area contributed by atoms with Crippen LogP contribution in [-0.2, 0) is 0 Å². The van der Waals surface area contributed by atoms with Crippen molar-refractivity contribution in [3.63, 3.8) is 0 Å². The molecular weight excluding hydrogens is 136 g/mol. The predicted octanol–water partition coefficient (Wildman–Crippen LogP) is 0.0113. The minimum absolute atomic E-state index is 0.00361. The van der Waals surface area contributed by atoms with Gasteiger partial charge in [-0.25, -0.2) is 4.79 Å². The van der Waals surface area contributed by atoms with E-state index in [1.165, 1.54) is 0 Å². The van der Waals surface area contributed by atoms with Crippen molar-refractivity contribution < 1.29 is 4.79 Å². The van der Waals surface area contributed by atoms with E-state index in [9.17, 15) is 4.79 Å². The lowest BCUT2D eigenvalue weighted by Gasteiger charge is -2.08. The number of hydrogen-bond donors (Lipinski definition) is 1. The Balaban J connectivity index is 2.39. The molecule has 9 heavy (non-hydrogen) atoms. The van der Waals surface area contributed by atoms with Gasteiger partial charge in [0.15, 0.2) is 0 Å². The van der Waals surface area contributed by atoms with Gasteiger partial charge in [0.2, 0.25) is 0 Å². The first kappa shape index (κ1) is 6.48. The molecule has 1 saturated heterocycles. The van der Waals surface area contributed by atoms with E-state index >= 15 is 0 Å². The summed E-state index contributed by atoms with van der Waals surface area (Å²) < 4.78 is 0. The van der Waals surface area contributed by atoms with Crippen molar-refractivity contribution in [3.8, 4) is 0 Å². The second kappa shape index (κ2) is 2.77. The van der Waals surface area contributed by atoms with E-state index in [1.807, 2.05) is 0 Å². The van der Waals surface area contributed by atoms with Crippen molar-refractivity contribution in [2.75, 3.05) is 19.6 Å². The number of nitrogens with one attached hydrogen (secondary N) is 1. The minimum atomic E-state index is -0.00361. The van der Waals surface area contributed by atoms with E-state index < -0.39 is 0 Å². The molecule has 1 rings (SSSR count). The molecule has 0 aromatic carbocycles. The third kappa shape index (κ3) is 1.38. The molecule has 1 aliphatic heterocycles. The lowest BCUT2D eigenvalue weighted by molar-refractivity contribution is 0.223. The lowest BCUT2D eigenvalue weighted by atomic mass is 10.6. The molecule has 4 heteroatoms. The van der Waals surface area contributed by atoms with E-state index in [2.05, 4.69) is 17.5 Å². The van der Waals surface area contributed by atoms with Crippen molar-refractivity contribution in [1.29, 1.82) is 0 Å². The van der Waals surface area contributed by atoms with Crippen LogP contribution in [0.3, 0.4) is 0 Å². The molecule has 3 nitrogen and oxygen atoms in total. The summed E-state index contributed by atoms with van der Waals surface area (Å²) >= 11 is 4.59. The molecule has 0 radical (unpaired) electrons. The van der Waals surface area contributed by atoms with E-state index in [4.69, 9.17) is 0 Å². The molecular formula is C5H8N2OS. The molecule has 0 saturated carbocycles. The molecule has 0 aromatic heterocycles. The highest BCUT2D eigenvalue weighted by Gasteiger charge is 2.16. The van der Waals surface area contributed by atoms with Crippen LogP contribution in [-0.4, -0.2) is 35.9 Å². The van der Waals surface area contributed by atoms with E-state index in [-0.39, 0.29) is 6.03 Å². The second-order valence-electron chi connectivity index (χ2n) is 1.84. The molecule has 1 fully saturated rings. The highest BCUT2D eigenvalue weighted by atomic mass is 32.1. The van der Waals surface area contributed by atoms with Crippen LogP contribution in [0.4, 0.5) is 4.79 Å². The SMILES string of the molecule is O=C1NCCN1CC=S. The maximum Gasteiger partial charge on any atom is 0.317 e. The van der Waals surface area contributed by atoms with Gasteiger partial charge in [0.25, 0.3) is 0 Å². The summed E-state index contributed by atoms with van der Waals surface area (Å²) in [6.07, 6.45) is 0. The fourth-order valence-electron chi connectivity index (χ4n) is 0.775. The number of thiocarbonyl (C=S) groups is 1. The summed E-state index contributed by atoms with van der Waals surface area (Å²) in [6.45, 7) is 2.12. The van der Waals surface area contributed by atoms with Gasteiger partial charge in [-0.1, -0.05) is 12.2 Å². The number of carbonyl (C=O) groups excluding carboxylic acids is 1. The summed E-state index contributed by atoms with van der Waals surface area (Å²) in [7, 11) is 0. The Hall–Kier alpha value is -0.640. The fourth-order valence-corrected chi connectivity index (χ4v) is 0.955. The Kier molecular flexibility index (Phi) is 2.00. The Morgan fingerprint density at radius 1 is 1.89 bits per heavy atom. The molecule has 1 N–H and O–H groups in total. The molecule has 0 spiro atoms. The van der Waals surface area contributed by atoms with Gasteiger partial charge < -0.3 is 10.2 Å². The Labute approximate surface area is 59.0 Å². The normalized spacial score (nSPS) is 17.8. The quantitative estimate of drug-likeness (QED) is 0.554. The molecule has 0 bridgehead atoms. The van der Waals surface area contributed by atoms with Crippen molar-refractivity contribution in [2.24, 2.45) is 0 Å². The first-order chi connectivity index (χ1) is 4.34. The van der Waals surface area contributed by atoms with E-state index in [0.29, 0.717) is 6.54 Å². The maximum absolute atomic E-state index is 10.7. The first-order valence-corrected chi connectivity index (χ1v) is 3.28. The third-order valence-electron chi connectivity index (χ3n) is 1.24. The van der Waals surface area contributed by atoms with E-state index in [1.54, 1.807) is 10.3 Å². The van der Waals surface area contributed by atoms with Crippen molar-refractivity contribution >= 4 is 23.6 Å². The third-order valence-corrected chi connectivity index (χ3v) is 1.39. The Morgan fingerprint density at radius 3 is 3.11 bits per heavy atom. The van der Waals surface area contributed by atoms with Gasteiger partial charge in [0, 0.05) is 13.1 Å². The van der Waals surface area contributed by atoms with Crippen LogP contribution in [0.15, 0.2) is 0 Å². The van der Waals surface area contributed by atoms with Crippen LogP contribution in [0.25, 0.3) is 0 Å². The highest BCUT2D eigenvalue weighted by molar-refractivity contribution is 7.79. The van der Waals surface area contributed by atoms with Crippen LogP contribution in [0.5, 0.6) is 0 Å². The summed E-state index contributed by atoms with van der Waals surface area (Å²) in [5, 5.41) is 4.24. The topological polar surface area (TPSA) is 32.3 Å². The van der Waals surface area contributed by atoms with Crippen molar-refractivity contribution in [2.45, 2.75) is 0 Å². The summed E-state index contributed by atoms with van der Waals surface area (Å²) in [5.74, 6) is 0. The number of nitrogens with zero attached hydrogens (tertiary/aromatic N) is 1. The maximum atomic E-state index is 10.7. The molecule has 50 valence electrons. The molecule has 0 atom stereocenters. The van der Waals surface area contributed by atoms with Crippen LogP contribution in [0, 0.1) is 0 Å². The van der Waals surface area contributed by atoms with Crippen molar-refractivity contribution in [1.82, 2.24) is 10.2 Å². The Morgan fingerprint density at radius 2 is 2.67 bits per heavy atom. The van der Waals surface area contributed by atoms with Crippen molar-refractivity contribution in [3.05, 3.63) is 0 Å². The summed E-state index contributed by atoms with van der Waals surface area (Å²) in [6, 6.07) is -0.00361. The van der Waals surface area contributed by atoms with Gasteiger partial charge in [-0.3, -0.25) is 0 Å². The lowest BCUT2D eigenvalue weighted by Crippen LogP contribution is -2.29. The summed E-state index contributed by atoms with van der Waals surface area (Å²) in [5.41, 5.74) is 0. The highest BCUT2D eigenvalue weighted by Crippen LogP contribution is 1.93. The van der Waals surface area contributed by atoms with Gasteiger partial charge in [-0.05, 0) is 5.37 Å². The number of urea groups is 1. The van der Waals surface area contributed by atoms with Gasteiger partial charge in [0.05, 0.1) is 6.54 Å². The fraction of sp³-hybridized carbons (Fsp3) is 0.600. The zero-order valence-electron chi connectivity index (χ0n) is 4.96. The average molecular weight is 144 g/mol. The standard InChI is InChI=1S/C5H8N2OS/c8-5-6-1-2-7(5)3-4-9/h4H,1-3H2,(H,6,8). The number of rotatable bonds is 2. The predicted molar refractivity (Wildman–Crippen MR) is 38.6 cm³/mol. The molecule has 0 aliphatic carbocycles. The van der Waals surface area contributed by atoms with Gasteiger partial charge in [-0.2, -0.15) is 0 Å². The molecule has 1 aliphatic rings. The molecule has 0 aromatic rings. The number of amides is 2. The molecule has 2 amide bonds. The summed E-state index contributed by atoms with van der Waals surface area (Å²) in [4.78, 5) is 12.4. The second-order valence-corrected chi connectivity index (χ2v) is 2.18. The number of hydrogen-bond acceptors (Lipinski definition) is 2. The zero-order valence-corrected chi connectivity index (χ0v) is 5.78. The molecule has 1 heterocycles. The number of carbonyl (C=O) groups is 1. The Bertz CT molecular complexity index is 137. The van der Waals surface area contributed by atoms with Gasteiger partial charge in [0.1, 0.15) is 0 Å².